The molecular formula is C13H15N5O3. The lowest BCUT2D eigenvalue weighted by Crippen LogP contribution is -2.24. The van der Waals surface area contributed by atoms with Gasteiger partial charge in [0.05, 0.1) is 26.0 Å². The van der Waals surface area contributed by atoms with Gasteiger partial charge in [-0.2, -0.15) is 0 Å². The molecule has 0 bridgehead atoms. The summed E-state index contributed by atoms with van der Waals surface area (Å²) in [5.74, 6) is 0.730. The Hall–Kier alpha value is -2.61. The summed E-state index contributed by atoms with van der Waals surface area (Å²) in [7, 11) is 1.63. The maximum Gasteiger partial charge on any atom is 0.192 e. The summed E-state index contributed by atoms with van der Waals surface area (Å²) in [6.45, 7) is 0.822. The average Bonchev–Trinajstić information content (AvgIpc) is 2.97. The second-order valence-electron chi connectivity index (χ2n) is 4.62. The molecule has 3 N–H and O–H groups in total. The van der Waals surface area contributed by atoms with Gasteiger partial charge in [-0.15, -0.1) is 5.10 Å². The molecule has 0 saturated carbocycles. The van der Waals surface area contributed by atoms with Crippen molar-refractivity contribution in [1.82, 2.24) is 15.0 Å². The maximum absolute atomic E-state index is 8.72. The first kappa shape index (κ1) is 13.4. The molecule has 1 aliphatic rings. The van der Waals surface area contributed by atoms with E-state index in [0.717, 1.165) is 11.3 Å². The highest BCUT2D eigenvalue weighted by atomic mass is 16.5. The first-order valence-electron chi connectivity index (χ1n) is 6.38. The monoisotopic (exact) mass is 289 g/mol. The molecule has 1 aromatic carbocycles. The fourth-order valence-electron chi connectivity index (χ4n) is 2.28. The Morgan fingerprint density at radius 1 is 1.48 bits per heavy atom. The fourth-order valence-corrected chi connectivity index (χ4v) is 2.28. The number of aromatic nitrogens is 3. The number of oxime groups is 1. The van der Waals surface area contributed by atoms with Gasteiger partial charge in [0.25, 0.3) is 0 Å². The summed E-state index contributed by atoms with van der Waals surface area (Å²) in [6, 6.07) is 7.68. The number of benzene rings is 1. The normalized spacial score (nSPS) is 18.3. The van der Waals surface area contributed by atoms with E-state index in [0.29, 0.717) is 24.5 Å². The molecule has 110 valence electrons. The molecule has 0 aliphatic carbocycles. The van der Waals surface area contributed by atoms with Gasteiger partial charge in [-0.25, -0.2) is 4.68 Å². The van der Waals surface area contributed by atoms with Crippen LogP contribution in [-0.2, 0) is 17.9 Å². The van der Waals surface area contributed by atoms with E-state index in [-0.39, 0.29) is 11.9 Å². The minimum absolute atomic E-state index is 0.0669. The van der Waals surface area contributed by atoms with E-state index in [1.165, 1.54) is 0 Å². The van der Waals surface area contributed by atoms with Crippen LogP contribution in [0.5, 0.6) is 5.75 Å². The Morgan fingerprint density at radius 3 is 2.90 bits per heavy atom. The second-order valence-corrected chi connectivity index (χ2v) is 4.62. The molecule has 0 amide bonds. The summed E-state index contributed by atoms with van der Waals surface area (Å²) in [5, 5.41) is 19.6. The predicted octanol–water partition coefficient (Wildman–Crippen LogP) is 0.653. The molecule has 0 fully saturated rings. The Bertz CT molecular complexity index is 665. The summed E-state index contributed by atoms with van der Waals surface area (Å²) < 4.78 is 12.7. The Morgan fingerprint density at radius 2 is 2.24 bits per heavy atom. The van der Waals surface area contributed by atoms with Crippen LogP contribution in [0.25, 0.3) is 0 Å². The van der Waals surface area contributed by atoms with Gasteiger partial charge in [0.1, 0.15) is 11.9 Å². The number of fused-ring (bicyclic) bond motifs is 1. The van der Waals surface area contributed by atoms with Gasteiger partial charge in [-0.05, 0) is 17.7 Å². The minimum Gasteiger partial charge on any atom is -0.497 e. The van der Waals surface area contributed by atoms with Crippen molar-refractivity contribution < 1.29 is 14.7 Å². The SMILES string of the molecule is COc1ccc(C2Cn3nnc(/C(N)=N\O)c3CO2)cc1. The lowest BCUT2D eigenvalue weighted by Gasteiger charge is -2.24. The predicted molar refractivity (Wildman–Crippen MR) is 73.1 cm³/mol. The van der Waals surface area contributed by atoms with Crippen LogP contribution in [0.2, 0.25) is 0 Å². The highest BCUT2D eigenvalue weighted by Crippen LogP contribution is 2.27. The molecule has 1 aromatic heterocycles. The molecule has 1 unspecified atom stereocenters. The zero-order valence-electron chi connectivity index (χ0n) is 11.4. The van der Waals surface area contributed by atoms with Crippen molar-refractivity contribution in [2.24, 2.45) is 10.9 Å². The molecule has 1 aliphatic heterocycles. The van der Waals surface area contributed by atoms with Crippen molar-refractivity contribution in [2.75, 3.05) is 7.11 Å². The number of hydrogen-bond acceptors (Lipinski definition) is 6. The second kappa shape index (κ2) is 5.41. The minimum atomic E-state index is -0.120. The van der Waals surface area contributed by atoms with Crippen LogP contribution >= 0.6 is 0 Å². The molecule has 1 atom stereocenters. The third-order valence-corrected chi connectivity index (χ3v) is 3.44. The van der Waals surface area contributed by atoms with Crippen LogP contribution in [0.15, 0.2) is 29.4 Å². The van der Waals surface area contributed by atoms with E-state index in [1.807, 2.05) is 24.3 Å². The van der Waals surface area contributed by atoms with Crippen molar-refractivity contribution in [1.29, 1.82) is 0 Å². The molecule has 8 heteroatoms. The van der Waals surface area contributed by atoms with Gasteiger partial charge >= 0.3 is 0 Å². The van der Waals surface area contributed by atoms with Crippen molar-refractivity contribution in [3.8, 4) is 5.75 Å². The lowest BCUT2D eigenvalue weighted by atomic mass is 10.1. The van der Waals surface area contributed by atoms with Crippen LogP contribution in [0.1, 0.15) is 23.1 Å². The summed E-state index contributed by atoms with van der Waals surface area (Å²) >= 11 is 0. The summed E-state index contributed by atoms with van der Waals surface area (Å²) in [6.07, 6.45) is -0.120. The first-order valence-corrected chi connectivity index (χ1v) is 6.38. The number of nitrogens with zero attached hydrogens (tertiary/aromatic N) is 4. The maximum atomic E-state index is 8.72. The van der Waals surface area contributed by atoms with Gasteiger partial charge < -0.3 is 20.4 Å². The van der Waals surface area contributed by atoms with Gasteiger partial charge in [0.15, 0.2) is 11.5 Å². The zero-order valence-corrected chi connectivity index (χ0v) is 11.4. The average molecular weight is 289 g/mol. The number of hydrogen-bond donors (Lipinski definition) is 2. The Balaban J connectivity index is 1.83. The van der Waals surface area contributed by atoms with Gasteiger partial charge in [-0.3, -0.25) is 0 Å². The molecule has 0 spiro atoms. The third-order valence-electron chi connectivity index (χ3n) is 3.44. The van der Waals surface area contributed by atoms with Crippen LogP contribution in [0.4, 0.5) is 0 Å². The zero-order chi connectivity index (χ0) is 14.8. The van der Waals surface area contributed by atoms with Crippen molar-refractivity contribution in [3.05, 3.63) is 41.2 Å². The van der Waals surface area contributed by atoms with Crippen LogP contribution in [0, 0.1) is 0 Å². The van der Waals surface area contributed by atoms with Crippen LogP contribution < -0.4 is 10.5 Å². The number of amidine groups is 1. The summed E-state index contributed by atoms with van der Waals surface area (Å²) in [4.78, 5) is 0. The Labute approximate surface area is 120 Å². The number of methoxy groups -OCH3 is 1. The van der Waals surface area contributed by atoms with Crippen molar-refractivity contribution in [3.63, 3.8) is 0 Å². The van der Waals surface area contributed by atoms with Crippen molar-refractivity contribution >= 4 is 5.84 Å². The first-order chi connectivity index (χ1) is 10.2. The topological polar surface area (TPSA) is 108 Å². The molecule has 21 heavy (non-hydrogen) atoms. The lowest BCUT2D eigenvalue weighted by molar-refractivity contribution is -0.00148. The summed E-state index contributed by atoms with van der Waals surface area (Å²) in [5.41, 5.74) is 7.64. The number of ether oxygens (including phenoxy) is 2. The van der Waals surface area contributed by atoms with Gasteiger partial charge in [-0.1, -0.05) is 22.5 Å². The number of nitrogens with two attached hydrogens (primary N) is 1. The largest absolute Gasteiger partial charge is 0.497 e. The molecule has 3 rings (SSSR count). The Kier molecular flexibility index (Phi) is 3.44. The van der Waals surface area contributed by atoms with E-state index < -0.39 is 0 Å². The molecule has 0 radical (unpaired) electrons. The molecule has 0 saturated heterocycles. The highest BCUT2D eigenvalue weighted by molar-refractivity contribution is 5.96. The van der Waals surface area contributed by atoms with Crippen LogP contribution in [-0.4, -0.2) is 33.1 Å². The molecular weight excluding hydrogens is 274 g/mol. The van der Waals surface area contributed by atoms with Crippen molar-refractivity contribution in [2.45, 2.75) is 19.3 Å². The van der Waals surface area contributed by atoms with E-state index in [1.54, 1.807) is 11.8 Å². The molecule has 8 nitrogen and oxygen atoms in total. The molecule has 2 heterocycles. The van der Waals surface area contributed by atoms with Gasteiger partial charge in [0, 0.05) is 0 Å². The van der Waals surface area contributed by atoms with Crippen LogP contribution in [0.3, 0.4) is 0 Å². The van der Waals surface area contributed by atoms with E-state index >= 15 is 0 Å². The number of rotatable bonds is 3. The molecule has 2 aromatic rings. The quantitative estimate of drug-likeness (QED) is 0.372. The van der Waals surface area contributed by atoms with Gasteiger partial charge in [0.2, 0.25) is 0 Å². The van der Waals surface area contributed by atoms with E-state index in [4.69, 9.17) is 20.4 Å². The smallest absolute Gasteiger partial charge is 0.192 e. The highest BCUT2D eigenvalue weighted by Gasteiger charge is 2.26. The standard InChI is InChI=1S/C13H15N5O3/c1-20-9-4-2-8(3-5-9)11-6-18-10(7-21-11)12(15-17-18)13(14)16-19/h2-5,11,19H,6-7H2,1H3,(H2,14,16). The third kappa shape index (κ3) is 2.40. The fraction of sp³-hybridized carbons (Fsp3) is 0.308. The van der Waals surface area contributed by atoms with E-state index in [2.05, 4.69) is 15.5 Å². The van der Waals surface area contributed by atoms with E-state index in [9.17, 15) is 0 Å².